The third-order valence-electron chi connectivity index (χ3n) is 4.57. The van der Waals surface area contributed by atoms with Gasteiger partial charge in [0.2, 0.25) is 0 Å². The molecule has 0 bridgehead atoms. The summed E-state index contributed by atoms with van der Waals surface area (Å²) in [6.45, 7) is 13.2. The normalized spacial score (nSPS) is 24.0. The number of hydrogen-bond acceptors (Lipinski definition) is 2. The molecule has 0 aromatic rings. The van der Waals surface area contributed by atoms with Crippen LogP contribution in [0.4, 0.5) is 0 Å². The van der Waals surface area contributed by atoms with E-state index in [1.165, 1.54) is 51.7 Å². The van der Waals surface area contributed by atoms with Gasteiger partial charge >= 0.3 is 0 Å². The van der Waals surface area contributed by atoms with Gasteiger partial charge in [-0.2, -0.15) is 0 Å². The average Bonchev–Trinajstić information content (AvgIpc) is 2.79. The third-order valence-corrected chi connectivity index (χ3v) is 4.57. The summed E-state index contributed by atoms with van der Waals surface area (Å²) in [6.07, 6.45) is 6.90. The minimum Gasteiger partial charge on any atom is -0.317 e. The van der Waals surface area contributed by atoms with Crippen LogP contribution in [0.3, 0.4) is 0 Å². The van der Waals surface area contributed by atoms with Crippen molar-refractivity contribution in [1.82, 2.24) is 10.2 Å². The zero-order chi connectivity index (χ0) is 14.3. The van der Waals surface area contributed by atoms with Crippen LogP contribution >= 0.6 is 0 Å². The molecule has 1 fully saturated rings. The molecule has 0 heterocycles. The van der Waals surface area contributed by atoms with Gasteiger partial charge in [0.1, 0.15) is 0 Å². The lowest BCUT2D eigenvalue weighted by Gasteiger charge is -2.29. The maximum Gasteiger partial charge on any atom is 0.0104 e. The highest BCUT2D eigenvalue weighted by atomic mass is 15.1. The zero-order valence-electron chi connectivity index (χ0n) is 13.9. The Hall–Kier alpha value is -0.0800. The van der Waals surface area contributed by atoms with Gasteiger partial charge in [0.05, 0.1) is 0 Å². The molecule has 114 valence electrons. The van der Waals surface area contributed by atoms with Gasteiger partial charge in [-0.15, -0.1) is 0 Å². The molecule has 1 N–H and O–H groups in total. The van der Waals surface area contributed by atoms with E-state index in [0.29, 0.717) is 0 Å². The Labute approximate surface area is 121 Å². The summed E-state index contributed by atoms with van der Waals surface area (Å²) in [5.74, 6) is 2.53. The Kier molecular flexibility index (Phi) is 8.01. The van der Waals surface area contributed by atoms with Gasteiger partial charge in [-0.3, -0.25) is 0 Å². The first-order chi connectivity index (χ1) is 9.02. The largest absolute Gasteiger partial charge is 0.317 e. The van der Waals surface area contributed by atoms with Crippen LogP contribution in [-0.2, 0) is 0 Å². The SMILES string of the molecule is CNC1CCCC1CN(CCC(C)C)CCC(C)C. The van der Waals surface area contributed by atoms with E-state index >= 15 is 0 Å². The van der Waals surface area contributed by atoms with Crippen molar-refractivity contribution in [3.05, 3.63) is 0 Å². The van der Waals surface area contributed by atoms with Gasteiger partial charge in [0, 0.05) is 12.6 Å². The Morgan fingerprint density at radius 3 is 2.05 bits per heavy atom. The molecule has 2 heteroatoms. The fraction of sp³-hybridized carbons (Fsp3) is 1.00. The summed E-state index contributed by atoms with van der Waals surface area (Å²) in [4.78, 5) is 2.74. The van der Waals surface area contributed by atoms with Crippen LogP contribution in [-0.4, -0.2) is 37.6 Å². The Morgan fingerprint density at radius 1 is 1.00 bits per heavy atom. The van der Waals surface area contributed by atoms with Gasteiger partial charge in [-0.1, -0.05) is 34.1 Å². The molecule has 0 aromatic carbocycles. The van der Waals surface area contributed by atoms with E-state index in [0.717, 1.165) is 23.8 Å². The number of nitrogens with zero attached hydrogens (tertiary/aromatic N) is 1. The van der Waals surface area contributed by atoms with Gasteiger partial charge < -0.3 is 10.2 Å². The minimum absolute atomic E-state index is 0.764. The van der Waals surface area contributed by atoms with Crippen molar-refractivity contribution in [2.45, 2.75) is 65.8 Å². The van der Waals surface area contributed by atoms with Gasteiger partial charge in [-0.05, 0) is 63.6 Å². The average molecular weight is 268 g/mol. The first-order valence-corrected chi connectivity index (χ1v) is 8.42. The van der Waals surface area contributed by atoms with Gasteiger partial charge in [0.25, 0.3) is 0 Å². The van der Waals surface area contributed by atoms with Crippen molar-refractivity contribution < 1.29 is 0 Å². The quantitative estimate of drug-likeness (QED) is 0.685. The smallest absolute Gasteiger partial charge is 0.0104 e. The third kappa shape index (κ3) is 6.76. The zero-order valence-corrected chi connectivity index (χ0v) is 13.9. The molecule has 1 aliphatic carbocycles. The summed E-state index contributed by atoms with van der Waals surface area (Å²) >= 11 is 0. The van der Waals surface area contributed by atoms with E-state index in [2.05, 4.69) is 45.0 Å². The van der Waals surface area contributed by atoms with Crippen molar-refractivity contribution in [1.29, 1.82) is 0 Å². The summed E-state index contributed by atoms with van der Waals surface area (Å²) in [7, 11) is 2.13. The fourth-order valence-corrected chi connectivity index (χ4v) is 3.14. The van der Waals surface area contributed by atoms with Crippen molar-refractivity contribution in [3.63, 3.8) is 0 Å². The lowest BCUT2D eigenvalue weighted by atomic mass is 10.0. The molecule has 1 saturated carbocycles. The van der Waals surface area contributed by atoms with Crippen LogP contribution in [0.5, 0.6) is 0 Å². The highest BCUT2D eigenvalue weighted by molar-refractivity contribution is 4.84. The summed E-state index contributed by atoms with van der Waals surface area (Å²) < 4.78 is 0. The van der Waals surface area contributed by atoms with E-state index in [4.69, 9.17) is 0 Å². The van der Waals surface area contributed by atoms with Crippen LogP contribution in [0.2, 0.25) is 0 Å². The lowest BCUT2D eigenvalue weighted by Crippen LogP contribution is -2.39. The summed E-state index contributed by atoms with van der Waals surface area (Å²) in [5, 5.41) is 3.52. The number of hydrogen-bond donors (Lipinski definition) is 1. The molecule has 0 spiro atoms. The molecule has 1 rings (SSSR count). The highest BCUT2D eigenvalue weighted by Gasteiger charge is 2.27. The van der Waals surface area contributed by atoms with Crippen LogP contribution in [0.15, 0.2) is 0 Å². The molecule has 19 heavy (non-hydrogen) atoms. The van der Waals surface area contributed by atoms with E-state index in [-0.39, 0.29) is 0 Å². The summed E-state index contributed by atoms with van der Waals surface area (Å²) in [5.41, 5.74) is 0. The predicted molar refractivity (Wildman–Crippen MR) is 85.5 cm³/mol. The van der Waals surface area contributed by atoms with Gasteiger partial charge in [0.15, 0.2) is 0 Å². The van der Waals surface area contributed by atoms with Crippen LogP contribution in [0, 0.1) is 17.8 Å². The lowest BCUT2D eigenvalue weighted by molar-refractivity contribution is 0.197. The molecular formula is C17H36N2. The van der Waals surface area contributed by atoms with E-state index < -0.39 is 0 Å². The molecule has 0 aliphatic heterocycles. The minimum atomic E-state index is 0.764. The van der Waals surface area contributed by atoms with Crippen molar-refractivity contribution in [2.24, 2.45) is 17.8 Å². The van der Waals surface area contributed by atoms with Crippen molar-refractivity contribution >= 4 is 0 Å². The Balaban J connectivity index is 2.42. The second-order valence-corrected chi connectivity index (χ2v) is 7.25. The molecule has 1 aliphatic rings. The molecule has 2 atom stereocenters. The standard InChI is InChI=1S/C17H36N2/c1-14(2)9-11-19(12-10-15(3)4)13-16-7-6-8-17(16)18-5/h14-18H,6-13H2,1-5H3. The molecule has 0 radical (unpaired) electrons. The first kappa shape index (κ1) is 17.0. The second-order valence-electron chi connectivity index (χ2n) is 7.25. The molecule has 2 nitrogen and oxygen atoms in total. The number of rotatable bonds is 9. The van der Waals surface area contributed by atoms with Crippen LogP contribution in [0.25, 0.3) is 0 Å². The second kappa shape index (κ2) is 8.97. The predicted octanol–water partition coefficient (Wildman–Crippen LogP) is 3.77. The van der Waals surface area contributed by atoms with E-state index in [1.807, 2.05) is 0 Å². The van der Waals surface area contributed by atoms with Crippen molar-refractivity contribution in [3.8, 4) is 0 Å². The van der Waals surface area contributed by atoms with Crippen molar-refractivity contribution in [2.75, 3.05) is 26.7 Å². The Bertz CT molecular complexity index is 213. The Morgan fingerprint density at radius 2 is 1.58 bits per heavy atom. The topological polar surface area (TPSA) is 15.3 Å². The maximum absolute atomic E-state index is 3.52. The molecule has 2 unspecified atom stereocenters. The highest BCUT2D eigenvalue weighted by Crippen LogP contribution is 2.26. The monoisotopic (exact) mass is 268 g/mol. The number of nitrogens with one attached hydrogen (secondary N) is 1. The molecule has 0 saturated heterocycles. The molecular weight excluding hydrogens is 232 g/mol. The first-order valence-electron chi connectivity index (χ1n) is 8.42. The fourth-order valence-electron chi connectivity index (χ4n) is 3.14. The van der Waals surface area contributed by atoms with E-state index in [1.54, 1.807) is 0 Å². The molecule has 0 amide bonds. The van der Waals surface area contributed by atoms with E-state index in [9.17, 15) is 0 Å². The molecule has 0 aromatic heterocycles. The van der Waals surface area contributed by atoms with Crippen LogP contribution in [0.1, 0.15) is 59.8 Å². The maximum atomic E-state index is 3.52. The van der Waals surface area contributed by atoms with Gasteiger partial charge in [-0.25, -0.2) is 0 Å². The van der Waals surface area contributed by atoms with Crippen LogP contribution < -0.4 is 5.32 Å². The summed E-state index contributed by atoms with van der Waals surface area (Å²) in [6, 6.07) is 0.764.